The first kappa shape index (κ1) is 34.5. The second kappa shape index (κ2) is 16.3. The van der Waals surface area contributed by atoms with Crippen LogP contribution in [0.2, 0.25) is 5.02 Å². The molecule has 0 heterocycles. The highest BCUT2D eigenvalue weighted by atomic mass is 35.5. The molecule has 0 aromatic heterocycles. The monoisotopic (exact) mass is 661 g/mol. The van der Waals surface area contributed by atoms with Crippen LogP contribution in [0.3, 0.4) is 0 Å². The highest BCUT2D eigenvalue weighted by molar-refractivity contribution is 7.92. The average molecular weight is 662 g/mol. The molecule has 0 aliphatic heterocycles. The summed E-state index contributed by atoms with van der Waals surface area (Å²) < 4.78 is 34.9. The number of para-hydroxylation sites is 1. The first-order valence-electron chi connectivity index (χ1n) is 15.3. The molecule has 0 radical (unpaired) electrons. The highest BCUT2D eigenvalue weighted by Crippen LogP contribution is 2.27. The minimum Gasteiger partial charge on any atom is -0.494 e. The third-order valence-electron chi connectivity index (χ3n) is 7.62. The molecule has 242 valence electrons. The zero-order valence-electron chi connectivity index (χ0n) is 26.3. The Bertz CT molecular complexity index is 1690. The number of anilines is 1. The topological polar surface area (TPSA) is 96.0 Å². The maximum absolute atomic E-state index is 14.5. The molecule has 0 aliphatic carbocycles. The fourth-order valence-corrected chi connectivity index (χ4v) is 6.54. The fraction of sp³-hybridized carbons (Fsp3) is 0.278. The van der Waals surface area contributed by atoms with Gasteiger partial charge in [0, 0.05) is 24.0 Å². The van der Waals surface area contributed by atoms with Crippen LogP contribution in [0.15, 0.2) is 114 Å². The molecule has 0 aliphatic rings. The molecular formula is C36H40ClN3O5S. The molecule has 0 saturated heterocycles. The number of hydrogen-bond acceptors (Lipinski definition) is 5. The number of nitrogens with zero attached hydrogens (tertiary/aromatic N) is 2. The Kier molecular flexibility index (Phi) is 12.2. The number of carbonyl (C=O) groups excluding carboxylic acids is 2. The summed E-state index contributed by atoms with van der Waals surface area (Å²) in [7, 11) is -4.22. The summed E-state index contributed by atoms with van der Waals surface area (Å²) in [4.78, 5) is 29.9. The van der Waals surface area contributed by atoms with Gasteiger partial charge < -0.3 is 15.0 Å². The SMILES string of the molecule is CCOc1ccc(S(=O)(=O)N(CC(=O)N(Cc2ccccc2Cl)[C@H](Cc2ccccc2)C(=O)N[C@H](C)CC)c2ccccc2)cc1. The molecule has 2 atom stereocenters. The van der Waals surface area contributed by atoms with Crippen LogP contribution >= 0.6 is 11.6 Å². The Balaban J connectivity index is 1.79. The first-order chi connectivity index (χ1) is 22.1. The van der Waals surface area contributed by atoms with Crippen molar-refractivity contribution in [2.75, 3.05) is 17.5 Å². The minimum absolute atomic E-state index is 0.000564. The Morgan fingerprint density at radius 3 is 2.07 bits per heavy atom. The summed E-state index contributed by atoms with van der Waals surface area (Å²) in [6.45, 7) is 5.59. The van der Waals surface area contributed by atoms with E-state index in [9.17, 15) is 18.0 Å². The molecule has 4 aromatic rings. The lowest BCUT2D eigenvalue weighted by atomic mass is 10.0. The molecule has 0 spiro atoms. The van der Waals surface area contributed by atoms with Gasteiger partial charge in [0.25, 0.3) is 10.0 Å². The number of nitrogens with one attached hydrogen (secondary N) is 1. The summed E-state index contributed by atoms with van der Waals surface area (Å²) in [5, 5.41) is 3.47. The zero-order valence-corrected chi connectivity index (χ0v) is 27.9. The second-order valence-corrected chi connectivity index (χ2v) is 13.2. The van der Waals surface area contributed by atoms with Gasteiger partial charge in [0.15, 0.2) is 0 Å². The van der Waals surface area contributed by atoms with E-state index in [1.165, 1.54) is 17.0 Å². The normalized spacial score (nSPS) is 12.5. The van der Waals surface area contributed by atoms with Crippen LogP contribution in [-0.2, 0) is 32.6 Å². The minimum atomic E-state index is -4.22. The van der Waals surface area contributed by atoms with Gasteiger partial charge in [-0.15, -0.1) is 0 Å². The summed E-state index contributed by atoms with van der Waals surface area (Å²) in [5.74, 6) is -0.358. The Morgan fingerprint density at radius 1 is 0.848 bits per heavy atom. The Hall–Kier alpha value is -4.34. The van der Waals surface area contributed by atoms with Crippen LogP contribution < -0.4 is 14.4 Å². The van der Waals surface area contributed by atoms with E-state index < -0.39 is 28.5 Å². The van der Waals surface area contributed by atoms with Crippen molar-refractivity contribution >= 4 is 39.1 Å². The van der Waals surface area contributed by atoms with Crippen LogP contribution in [0.25, 0.3) is 0 Å². The molecule has 0 unspecified atom stereocenters. The van der Waals surface area contributed by atoms with Crippen molar-refractivity contribution < 1.29 is 22.7 Å². The van der Waals surface area contributed by atoms with E-state index >= 15 is 0 Å². The van der Waals surface area contributed by atoms with Crippen molar-refractivity contribution in [1.29, 1.82) is 0 Å². The predicted octanol–water partition coefficient (Wildman–Crippen LogP) is 6.49. The summed E-state index contributed by atoms with van der Waals surface area (Å²) in [6.07, 6.45) is 0.917. The third-order valence-corrected chi connectivity index (χ3v) is 9.77. The molecule has 2 amide bonds. The second-order valence-electron chi connectivity index (χ2n) is 10.9. The van der Waals surface area contributed by atoms with Gasteiger partial charge in [-0.25, -0.2) is 8.42 Å². The quantitative estimate of drug-likeness (QED) is 0.157. The maximum atomic E-state index is 14.5. The number of sulfonamides is 1. The molecule has 1 N–H and O–H groups in total. The number of rotatable bonds is 15. The third kappa shape index (κ3) is 8.89. The van der Waals surface area contributed by atoms with Crippen molar-refractivity contribution in [3.05, 3.63) is 125 Å². The van der Waals surface area contributed by atoms with Gasteiger partial charge in [0.1, 0.15) is 18.3 Å². The lowest BCUT2D eigenvalue weighted by molar-refractivity contribution is -0.140. The number of ether oxygens (including phenoxy) is 1. The molecule has 46 heavy (non-hydrogen) atoms. The molecule has 0 saturated carbocycles. The summed E-state index contributed by atoms with van der Waals surface area (Å²) in [6, 6.07) is 30.0. The van der Waals surface area contributed by atoms with Crippen LogP contribution in [0, 0.1) is 0 Å². The largest absolute Gasteiger partial charge is 0.494 e. The van der Waals surface area contributed by atoms with Gasteiger partial charge in [0.05, 0.1) is 17.2 Å². The number of carbonyl (C=O) groups is 2. The predicted molar refractivity (Wildman–Crippen MR) is 182 cm³/mol. The maximum Gasteiger partial charge on any atom is 0.264 e. The van der Waals surface area contributed by atoms with E-state index in [0.717, 1.165) is 9.87 Å². The lowest BCUT2D eigenvalue weighted by Gasteiger charge is -2.34. The summed E-state index contributed by atoms with van der Waals surface area (Å²) >= 11 is 6.56. The van der Waals surface area contributed by atoms with Crippen molar-refractivity contribution in [2.45, 2.75) is 57.1 Å². The van der Waals surface area contributed by atoms with Crippen molar-refractivity contribution in [1.82, 2.24) is 10.2 Å². The highest BCUT2D eigenvalue weighted by Gasteiger charge is 2.35. The number of amides is 2. The number of hydrogen-bond donors (Lipinski definition) is 1. The van der Waals surface area contributed by atoms with Crippen molar-refractivity contribution in [3.8, 4) is 5.75 Å². The van der Waals surface area contributed by atoms with Gasteiger partial charge in [-0.05, 0) is 73.9 Å². The van der Waals surface area contributed by atoms with Gasteiger partial charge >= 0.3 is 0 Å². The Morgan fingerprint density at radius 2 is 1.46 bits per heavy atom. The van der Waals surface area contributed by atoms with Crippen LogP contribution in [0.1, 0.15) is 38.3 Å². The van der Waals surface area contributed by atoms with Crippen molar-refractivity contribution in [3.63, 3.8) is 0 Å². The lowest BCUT2D eigenvalue weighted by Crippen LogP contribution is -2.54. The van der Waals surface area contributed by atoms with Crippen LogP contribution in [0.5, 0.6) is 5.75 Å². The first-order valence-corrected chi connectivity index (χ1v) is 17.1. The number of halogens is 1. The van der Waals surface area contributed by atoms with E-state index in [1.807, 2.05) is 57.2 Å². The molecule has 8 nitrogen and oxygen atoms in total. The zero-order chi connectivity index (χ0) is 33.1. The van der Waals surface area contributed by atoms with Gasteiger partial charge in [-0.3, -0.25) is 13.9 Å². The molecular weight excluding hydrogens is 622 g/mol. The van der Waals surface area contributed by atoms with Gasteiger partial charge in [0.2, 0.25) is 11.8 Å². The molecule has 4 aromatic carbocycles. The molecule has 10 heteroatoms. The summed E-state index contributed by atoms with van der Waals surface area (Å²) in [5.41, 5.74) is 1.80. The van der Waals surface area contributed by atoms with E-state index in [2.05, 4.69) is 5.32 Å². The Labute approximate surface area is 277 Å². The molecule has 4 rings (SSSR count). The fourth-order valence-electron chi connectivity index (χ4n) is 4.93. The van der Waals surface area contributed by atoms with Gasteiger partial charge in [-0.1, -0.05) is 85.3 Å². The van der Waals surface area contributed by atoms with E-state index in [4.69, 9.17) is 16.3 Å². The van der Waals surface area contributed by atoms with E-state index in [-0.39, 0.29) is 29.8 Å². The van der Waals surface area contributed by atoms with Crippen LogP contribution in [0.4, 0.5) is 5.69 Å². The van der Waals surface area contributed by atoms with Crippen LogP contribution in [-0.4, -0.2) is 50.4 Å². The molecule has 0 bridgehead atoms. The average Bonchev–Trinajstić information content (AvgIpc) is 3.07. The standard InChI is InChI=1S/C36H40ClN3O5S/c1-4-27(3)38-36(42)34(24-28-14-8-6-9-15-28)39(25-29-16-12-13-19-33(29)37)35(41)26-40(30-17-10-7-11-18-30)46(43,44)32-22-20-31(21-23-32)45-5-2/h6-23,27,34H,4-5,24-26H2,1-3H3,(H,38,42)/t27-,34-/m1/s1. The van der Waals surface area contributed by atoms with Crippen molar-refractivity contribution in [2.24, 2.45) is 0 Å². The smallest absolute Gasteiger partial charge is 0.264 e. The molecule has 0 fully saturated rings. The number of benzene rings is 4. The van der Waals surface area contributed by atoms with Gasteiger partial charge in [-0.2, -0.15) is 0 Å². The van der Waals surface area contributed by atoms with E-state index in [0.29, 0.717) is 35.1 Å². The van der Waals surface area contributed by atoms with E-state index in [1.54, 1.807) is 60.7 Å².